The normalized spacial score (nSPS) is 15.4. The van der Waals surface area contributed by atoms with Crippen LogP contribution in [-0.4, -0.2) is 79.7 Å². The Hall–Kier alpha value is -0.0130. The van der Waals surface area contributed by atoms with Crippen molar-refractivity contribution < 1.29 is 17.1 Å². The molecule has 0 atom stereocenters. The van der Waals surface area contributed by atoms with E-state index >= 15 is 0 Å². The summed E-state index contributed by atoms with van der Waals surface area (Å²) in [6.07, 6.45) is 10.7. The first kappa shape index (κ1) is 41.5. The number of hydrogen-bond donors (Lipinski definition) is 0. The third-order valence-electron chi connectivity index (χ3n) is 3.95. The van der Waals surface area contributed by atoms with Crippen LogP contribution in [0, 0.1) is 13.3 Å². The van der Waals surface area contributed by atoms with Gasteiger partial charge in [0.15, 0.2) is 0 Å². The molecule has 2 heterocycles. The first-order valence-corrected chi connectivity index (χ1v) is 27.4. The van der Waals surface area contributed by atoms with E-state index in [0.717, 1.165) is 13.1 Å². The maximum absolute atomic E-state index is 4.82. The largest absolute Gasteiger partial charge is 0.668 e. The van der Waals surface area contributed by atoms with Crippen molar-refractivity contribution >= 4 is 32.9 Å². The zero-order valence-electron chi connectivity index (χ0n) is 27.4. The molecule has 0 saturated carbocycles. The average Bonchev–Trinajstić information content (AvgIpc) is 3.19. The second-order valence-corrected chi connectivity index (χ2v) is 32.7. The van der Waals surface area contributed by atoms with Gasteiger partial charge < -0.3 is 28.9 Å². The Bertz CT molecular complexity index is 545. The molecule has 0 bridgehead atoms. The molecular weight excluding hydrogens is 564 g/mol. The van der Waals surface area contributed by atoms with Crippen molar-refractivity contribution in [2.45, 2.75) is 105 Å². The molecule has 0 aromatic rings. The van der Waals surface area contributed by atoms with Crippen LogP contribution in [0.3, 0.4) is 0 Å². The second kappa shape index (κ2) is 19.1. The van der Waals surface area contributed by atoms with Crippen LogP contribution in [0.1, 0.15) is 26.7 Å². The molecule has 0 spiro atoms. The van der Waals surface area contributed by atoms with Gasteiger partial charge in [0.2, 0.25) is 0 Å². The predicted molar refractivity (Wildman–Crippen MR) is 177 cm³/mol. The fourth-order valence-corrected chi connectivity index (χ4v) is 19.9. The third kappa shape index (κ3) is 32.1. The summed E-state index contributed by atoms with van der Waals surface area (Å²) in [6.45, 7) is 38.3. The van der Waals surface area contributed by atoms with Crippen LogP contribution in [0.15, 0.2) is 24.8 Å². The molecule has 37 heavy (non-hydrogen) atoms. The number of rotatable bonds is 8. The van der Waals surface area contributed by atoms with Crippen molar-refractivity contribution in [2.75, 3.05) is 27.2 Å². The summed E-state index contributed by atoms with van der Waals surface area (Å²) in [7, 11) is -0.356. The van der Waals surface area contributed by atoms with Gasteiger partial charge in [-0.2, -0.15) is 13.3 Å². The summed E-state index contributed by atoms with van der Waals surface area (Å²) in [5.74, 6) is 0. The van der Waals surface area contributed by atoms with Crippen LogP contribution >= 0.6 is 0 Å². The fourth-order valence-electron chi connectivity index (χ4n) is 3.80. The Morgan fingerprint density at radius 2 is 0.757 bits per heavy atom. The van der Waals surface area contributed by atoms with Crippen LogP contribution in [0.25, 0.3) is 9.30 Å². The second-order valence-electron chi connectivity index (χ2n) is 13.5. The van der Waals surface area contributed by atoms with E-state index in [1.165, 1.54) is 12.8 Å². The van der Waals surface area contributed by atoms with Gasteiger partial charge >= 0.3 is 0 Å². The SMILES string of the molecule is CCCN1C=CN(C)[CH-]1.CCCN1C=CN(C)[CH-]1.C[Si](C)(C)[N-][Si](C)(C)C.C[Si](C)(C)[N-][Si](C)(C)C.[Mn]. The van der Waals surface area contributed by atoms with Crippen LogP contribution < -0.4 is 0 Å². The Morgan fingerprint density at radius 1 is 0.514 bits per heavy atom. The van der Waals surface area contributed by atoms with E-state index in [4.69, 9.17) is 9.30 Å². The summed E-state index contributed by atoms with van der Waals surface area (Å²) in [5.41, 5.74) is 0. The Balaban J connectivity index is -0.000000413. The molecule has 0 fully saturated rings. The van der Waals surface area contributed by atoms with Gasteiger partial charge in [0, 0.05) is 17.1 Å². The fraction of sp³-hybridized carbons (Fsp3) is 0.769. The molecule has 0 aliphatic carbocycles. The minimum atomic E-state index is -1.11. The average molecular weight is 626 g/mol. The molecular formula is C26H62MnN6Si4-4. The van der Waals surface area contributed by atoms with Crippen LogP contribution in [0.4, 0.5) is 0 Å². The summed E-state index contributed by atoms with van der Waals surface area (Å²) in [6, 6.07) is 0. The maximum atomic E-state index is 4.82. The van der Waals surface area contributed by atoms with Crippen LogP contribution in [0.5, 0.6) is 0 Å². The molecule has 0 aromatic heterocycles. The van der Waals surface area contributed by atoms with Crippen molar-refractivity contribution in [2.24, 2.45) is 0 Å². The van der Waals surface area contributed by atoms with E-state index in [0.29, 0.717) is 0 Å². The monoisotopic (exact) mass is 625 g/mol. The first-order valence-electron chi connectivity index (χ1n) is 13.6. The first-order chi connectivity index (χ1) is 16.1. The van der Waals surface area contributed by atoms with E-state index in [1.807, 2.05) is 14.1 Å². The molecule has 2 aliphatic heterocycles. The quantitative estimate of drug-likeness (QED) is 0.200. The summed E-state index contributed by atoms with van der Waals surface area (Å²) in [5, 5.41) is 0. The minimum absolute atomic E-state index is 0. The van der Waals surface area contributed by atoms with Gasteiger partial charge in [0.1, 0.15) is 0 Å². The minimum Gasteiger partial charge on any atom is -0.668 e. The molecule has 0 amide bonds. The summed E-state index contributed by atoms with van der Waals surface area (Å²) >= 11 is 0. The van der Waals surface area contributed by atoms with E-state index in [9.17, 15) is 0 Å². The van der Waals surface area contributed by atoms with Gasteiger partial charge in [-0.15, -0.1) is 0 Å². The molecule has 0 saturated heterocycles. The molecule has 11 heteroatoms. The number of hydrogen-bond acceptors (Lipinski definition) is 4. The zero-order chi connectivity index (χ0) is 28.8. The van der Waals surface area contributed by atoms with E-state index in [2.05, 4.69) is 150 Å². The Labute approximate surface area is 248 Å². The molecule has 223 valence electrons. The van der Waals surface area contributed by atoms with Gasteiger partial charge in [0.05, 0.1) is 0 Å². The smallest absolute Gasteiger partial charge is 0 e. The third-order valence-corrected chi connectivity index (χ3v) is 14.7. The molecule has 0 N–H and O–H groups in total. The molecule has 0 aromatic carbocycles. The van der Waals surface area contributed by atoms with Crippen molar-refractivity contribution in [3.05, 3.63) is 47.4 Å². The molecule has 0 unspecified atom stereocenters. The standard InChI is InChI=1S/2C7H13N2.2C6H18NSi2.Mn/c2*1-3-4-9-6-5-8(2)7-9;2*1-8(2,3)7-9(4,5)6;/h2*5-7H,3-4H2,1-2H3;2*1-6H3;/q4*-1;. The van der Waals surface area contributed by atoms with Crippen molar-refractivity contribution in [1.29, 1.82) is 0 Å². The van der Waals surface area contributed by atoms with E-state index in [-0.39, 0.29) is 17.1 Å². The Morgan fingerprint density at radius 3 is 0.865 bits per heavy atom. The van der Waals surface area contributed by atoms with E-state index < -0.39 is 32.9 Å². The maximum Gasteiger partial charge on any atom is 0 e. The molecule has 1 radical (unpaired) electrons. The van der Waals surface area contributed by atoms with Crippen LogP contribution in [-0.2, 0) is 17.1 Å². The number of nitrogens with zero attached hydrogens (tertiary/aromatic N) is 6. The van der Waals surface area contributed by atoms with Crippen molar-refractivity contribution in [1.82, 2.24) is 19.6 Å². The van der Waals surface area contributed by atoms with Crippen molar-refractivity contribution in [3.63, 3.8) is 0 Å². The van der Waals surface area contributed by atoms with Crippen LogP contribution in [0.2, 0.25) is 78.6 Å². The molecule has 6 nitrogen and oxygen atoms in total. The van der Waals surface area contributed by atoms with Gasteiger partial charge in [-0.25, -0.2) is 0 Å². The summed E-state index contributed by atoms with van der Waals surface area (Å²) < 4.78 is 9.64. The van der Waals surface area contributed by atoms with Gasteiger partial charge in [-0.05, 0) is 64.8 Å². The van der Waals surface area contributed by atoms with E-state index in [1.54, 1.807) is 0 Å². The van der Waals surface area contributed by atoms with Gasteiger partial charge in [-0.1, -0.05) is 125 Å². The topological polar surface area (TPSA) is 41.2 Å². The molecule has 2 rings (SSSR count). The van der Waals surface area contributed by atoms with Crippen molar-refractivity contribution in [3.8, 4) is 0 Å². The Kier molecular flexibility index (Phi) is 21.4. The zero-order valence-corrected chi connectivity index (χ0v) is 32.5. The predicted octanol–water partition coefficient (Wildman–Crippen LogP) is 8.53. The van der Waals surface area contributed by atoms with Gasteiger partial charge in [0.25, 0.3) is 0 Å². The summed E-state index contributed by atoms with van der Waals surface area (Å²) in [4.78, 5) is 8.46. The molecule has 2 aliphatic rings. The van der Waals surface area contributed by atoms with Gasteiger partial charge in [-0.3, -0.25) is 0 Å².